The summed E-state index contributed by atoms with van der Waals surface area (Å²) in [6.07, 6.45) is 6.19. The Kier molecular flexibility index (Phi) is 2.91. The van der Waals surface area contributed by atoms with Crippen LogP contribution in [-0.2, 0) is 0 Å². The van der Waals surface area contributed by atoms with Gasteiger partial charge in [0.1, 0.15) is 0 Å². The van der Waals surface area contributed by atoms with Gasteiger partial charge in [-0.05, 0) is 61.2 Å². The summed E-state index contributed by atoms with van der Waals surface area (Å²) in [7, 11) is 0. The number of hydrogen-bond donors (Lipinski definition) is 0. The molecule has 0 amide bonds. The lowest BCUT2D eigenvalue weighted by molar-refractivity contribution is 0.185. The molecule has 0 heterocycles. The molecule has 0 radical (unpaired) electrons. The Bertz CT molecular complexity index is 190. The molecule has 0 aromatic rings. The molecular formula is C14H26. The van der Waals surface area contributed by atoms with Gasteiger partial charge in [0, 0.05) is 0 Å². The summed E-state index contributed by atoms with van der Waals surface area (Å²) in [6.45, 7) is 9.69. The van der Waals surface area contributed by atoms with E-state index < -0.39 is 0 Å². The molecule has 0 aromatic heterocycles. The lowest BCUT2D eigenvalue weighted by atomic mass is 9.74. The Hall–Kier alpha value is 0. The molecule has 2 aliphatic rings. The Morgan fingerprint density at radius 3 is 2.07 bits per heavy atom. The summed E-state index contributed by atoms with van der Waals surface area (Å²) in [5, 5.41) is 0. The predicted molar refractivity (Wildman–Crippen MR) is 62.1 cm³/mol. The largest absolute Gasteiger partial charge is 0.0625 e. The number of fused-ring (bicyclic) bond motifs is 2. The van der Waals surface area contributed by atoms with E-state index >= 15 is 0 Å². The second-order valence-electron chi connectivity index (χ2n) is 6.48. The van der Waals surface area contributed by atoms with Gasteiger partial charge in [-0.25, -0.2) is 0 Å². The van der Waals surface area contributed by atoms with E-state index in [4.69, 9.17) is 0 Å². The van der Waals surface area contributed by atoms with Gasteiger partial charge >= 0.3 is 0 Å². The van der Waals surface area contributed by atoms with Crippen LogP contribution in [0.1, 0.15) is 53.4 Å². The topological polar surface area (TPSA) is 0 Å². The molecule has 0 heteroatoms. The first-order valence-electron chi connectivity index (χ1n) is 6.58. The average Bonchev–Trinajstić information content (AvgIpc) is 2.41. The zero-order chi connectivity index (χ0) is 10.3. The molecule has 0 saturated heterocycles. The van der Waals surface area contributed by atoms with E-state index in [1.807, 2.05) is 0 Å². The maximum absolute atomic E-state index is 2.43. The molecule has 4 atom stereocenters. The fraction of sp³-hybridized carbons (Fsp3) is 1.00. The van der Waals surface area contributed by atoms with Crippen molar-refractivity contribution in [3.63, 3.8) is 0 Å². The van der Waals surface area contributed by atoms with Gasteiger partial charge in [0.2, 0.25) is 0 Å². The standard InChI is InChI=1S/C14H26/c1-9(2)12-5-11-6-13(8-12)14(7-11)10(3)4/h9-14H,5-8H2,1-4H3. The van der Waals surface area contributed by atoms with Crippen molar-refractivity contribution >= 4 is 0 Å². The third-order valence-corrected chi connectivity index (χ3v) is 4.89. The first-order chi connectivity index (χ1) is 6.58. The molecule has 2 rings (SSSR count). The number of rotatable bonds is 2. The first kappa shape index (κ1) is 10.5. The van der Waals surface area contributed by atoms with Crippen LogP contribution in [0.15, 0.2) is 0 Å². The Balaban J connectivity index is 2.01. The lowest BCUT2D eigenvalue weighted by Crippen LogP contribution is -2.22. The van der Waals surface area contributed by atoms with E-state index in [2.05, 4.69) is 27.7 Å². The van der Waals surface area contributed by atoms with Crippen LogP contribution in [0.4, 0.5) is 0 Å². The lowest BCUT2D eigenvalue weighted by Gasteiger charge is -2.32. The molecule has 82 valence electrons. The molecule has 2 bridgehead atoms. The van der Waals surface area contributed by atoms with Crippen LogP contribution < -0.4 is 0 Å². The van der Waals surface area contributed by atoms with Crippen LogP contribution in [0.5, 0.6) is 0 Å². The minimum atomic E-state index is 0.922. The fourth-order valence-corrected chi connectivity index (χ4v) is 4.01. The van der Waals surface area contributed by atoms with Crippen molar-refractivity contribution in [1.82, 2.24) is 0 Å². The summed E-state index contributed by atoms with van der Waals surface area (Å²) in [5.41, 5.74) is 0. The highest BCUT2D eigenvalue weighted by molar-refractivity contribution is 4.92. The van der Waals surface area contributed by atoms with Crippen molar-refractivity contribution in [2.45, 2.75) is 53.4 Å². The first-order valence-corrected chi connectivity index (χ1v) is 6.58. The number of hydrogen-bond acceptors (Lipinski definition) is 0. The van der Waals surface area contributed by atoms with E-state index in [-0.39, 0.29) is 0 Å². The molecule has 2 fully saturated rings. The highest BCUT2D eigenvalue weighted by atomic mass is 14.5. The summed E-state index contributed by atoms with van der Waals surface area (Å²) in [5.74, 6) is 6.13. The van der Waals surface area contributed by atoms with Crippen LogP contribution in [0.3, 0.4) is 0 Å². The third kappa shape index (κ3) is 1.85. The normalized spacial score (nSPS) is 42.4. The van der Waals surface area contributed by atoms with Crippen molar-refractivity contribution in [3.05, 3.63) is 0 Å². The van der Waals surface area contributed by atoms with Crippen molar-refractivity contribution in [2.24, 2.45) is 35.5 Å². The maximum atomic E-state index is 2.43. The minimum absolute atomic E-state index is 0.922. The van der Waals surface area contributed by atoms with E-state index in [0.717, 1.165) is 35.5 Å². The van der Waals surface area contributed by atoms with Gasteiger partial charge in [0.15, 0.2) is 0 Å². The van der Waals surface area contributed by atoms with Gasteiger partial charge in [0.05, 0.1) is 0 Å². The maximum Gasteiger partial charge on any atom is -0.0360 e. The van der Waals surface area contributed by atoms with Gasteiger partial charge in [-0.15, -0.1) is 0 Å². The van der Waals surface area contributed by atoms with Gasteiger partial charge < -0.3 is 0 Å². The Labute approximate surface area is 89.5 Å². The molecule has 0 nitrogen and oxygen atoms in total. The Morgan fingerprint density at radius 1 is 0.786 bits per heavy atom. The van der Waals surface area contributed by atoms with Crippen molar-refractivity contribution in [3.8, 4) is 0 Å². The Morgan fingerprint density at radius 2 is 1.50 bits per heavy atom. The summed E-state index contributed by atoms with van der Waals surface area (Å²) >= 11 is 0. The molecule has 0 spiro atoms. The van der Waals surface area contributed by atoms with Gasteiger partial charge in [0.25, 0.3) is 0 Å². The third-order valence-electron chi connectivity index (χ3n) is 4.89. The zero-order valence-electron chi connectivity index (χ0n) is 10.3. The van der Waals surface area contributed by atoms with Crippen molar-refractivity contribution in [2.75, 3.05) is 0 Å². The fourth-order valence-electron chi connectivity index (χ4n) is 4.01. The van der Waals surface area contributed by atoms with E-state index in [1.54, 1.807) is 12.8 Å². The summed E-state index contributed by atoms with van der Waals surface area (Å²) in [4.78, 5) is 0. The second kappa shape index (κ2) is 3.87. The van der Waals surface area contributed by atoms with Crippen LogP contribution in [0.25, 0.3) is 0 Å². The SMILES string of the molecule is CC(C)C1CC2CC(C1)C(C(C)C)C2. The molecular weight excluding hydrogens is 168 g/mol. The molecule has 14 heavy (non-hydrogen) atoms. The monoisotopic (exact) mass is 194 g/mol. The highest BCUT2D eigenvalue weighted by Gasteiger charge is 2.42. The van der Waals surface area contributed by atoms with Gasteiger partial charge in [-0.1, -0.05) is 27.7 Å². The molecule has 4 unspecified atom stereocenters. The van der Waals surface area contributed by atoms with E-state index in [0.29, 0.717) is 0 Å². The van der Waals surface area contributed by atoms with Crippen LogP contribution in [0, 0.1) is 35.5 Å². The average molecular weight is 194 g/mol. The molecule has 2 saturated carbocycles. The molecule has 0 aromatic carbocycles. The molecule has 0 aliphatic heterocycles. The van der Waals surface area contributed by atoms with E-state index in [1.165, 1.54) is 12.8 Å². The van der Waals surface area contributed by atoms with Crippen molar-refractivity contribution in [1.29, 1.82) is 0 Å². The highest BCUT2D eigenvalue weighted by Crippen LogP contribution is 2.51. The minimum Gasteiger partial charge on any atom is -0.0625 e. The molecule has 2 aliphatic carbocycles. The van der Waals surface area contributed by atoms with Crippen LogP contribution in [-0.4, -0.2) is 0 Å². The van der Waals surface area contributed by atoms with E-state index in [9.17, 15) is 0 Å². The van der Waals surface area contributed by atoms with Crippen LogP contribution in [0.2, 0.25) is 0 Å². The smallest absolute Gasteiger partial charge is 0.0360 e. The van der Waals surface area contributed by atoms with Crippen LogP contribution >= 0.6 is 0 Å². The van der Waals surface area contributed by atoms with Crippen molar-refractivity contribution < 1.29 is 0 Å². The van der Waals surface area contributed by atoms with Gasteiger partial charge in [-0.3, -0.25) is 0 Å². The summed E-state index contributed by atoms with van der Waals surface area (Å²) in [6, 6.07) is 0. The van der Waals surface area contributed by atoms with Gasteiger partial charge in [-0.2, -0.15) is 0 Å². The summed E-state index contributed by atoms with van der Waals surface area (Å²) < 4.78 is 0. The second-order valence-corrected chi connectivity index (χ2v) is 6.48. The zero-order valence-corrected chi connectivity index (χ0v) is 10.3. The predicted octanol–water partition coefficient (Wildman–Crippen LogP) is 4.35. The quantitative estimate of drug-likeness (QED) is 0.613. The molecule has 0 N–H and O–H groups in total.